The van der Waals surface area contributed by atoms with Gasteiger partial charge in [-0.25, -0.2) is 8.42 Å². The van der Waals surface area contributed by atoms with Crippen LogP contribution in [0.5, 0.6) is 0 Å². The molecule has 2 aliphatic rings. The molecular formula is C19H24N8O2S2. The van der Waals surface area contributed by atoms with Crippen molar-refractivity contribution in [3.8, 4) is 5.69 Å². The number of anilines is 1. The SMILES string of the molecule is CS(=O)(=O)c1ccc(-n2nnnc2CSc2nnc(N3CCCCC3)n2C2CC2)cc1. The summed E-state index contributed by atoms with van der Waals surface area (Å²) in [7, 11) is -3.25. The van der Waals surface area contributed by atoms with Crippen LogP contribution in [0.15, 0.2) is 34.3 Å². The number of rotatable bonds is 7. The fourth-order valence-corrected chi connectivity index (χ4v) is 5.33. The van der Waals surface area contributed by atoms with Crippen molar-refractivity contribution in [3.63, 3.8) is 0 Å². The van der Waals surface area contributed by atoms with E-state index in [0.29, 0.717) is 23.3 Å². The minimum Gasteiger partial charge on any atom is -0.341 e. The molecule has 0 bridgehead atoms. The van der Waals surface area contributed by atoms with Crippen LogP contribution < -0.4 is 4.90 Å². The number of tetrazole rings is 1. The second-order valence-electron chi connectivity index (χ2n) is 7.99. The summed E-state index contributed by atoms with van der Waals surface area (Å²) in [6, 6.07) is 7.04. The lowest BCUT2D eigenvalue weighted by atomic mass is 10.1. The Kier molecular flexibility index (Phi) is 5.42. The van der Waals surface area contributed by atoms with E-state index in [-0.39, 0.29) is 4.90 Å². The molecule has 0 unspecified atom stereocenters. The lowest BCUT2D eigenvalue weighted by Crippen LogP contribution is -2.31. The van der Waals surface area contributed by atoms with Crippen LogP contribution >= 0.6 is 11.8 Å². The Hall–Kier alpha value is -2.47. The molecule has 1 saturated heterocycles. The van der Waals surface area contributed by atoms with Gasteiger partial charge in [-0.1, -0.05) is 11.8 Å². The maximum atomic E-state index is 11.7. The molecule has 3 aromatic rings. The van der Waals surface area contributed by atoms with E-state index >= 15 is 0 Å². The van der Waals surface area contributed by atoms with Crippen molar-refractivity contribution in [2.75, 3.05) is 24.2 Å². The van der Waals surface area contributed by atoms with Gasteiger partial charge in [-0.2, -0.15) is 4.68 Å². The van der Waals surface area contributed by atoms with E-state index < -0.39 is 9.84 Å². The summed E-state index contributed by atoms with van der Waals surface area (Å²) in [6.07, 6.45) is 7.20. The van der Waals surface area contributed by atoms with Gasteiger partial charge >= 0.3 is 0 Å². The second-order valence-corrected chi connectivity index (χ2v) is 11.0. The fraction of sp³-hybridized carbons (Fsp3) is 0.526. The number of sulfone groups is 1. The molecular weight excluding hydrogens is 436 g/mol. The van der Waals surface area contributed by atoms with E-state index in [1.54, 1.807) is 40.7 Å². The molecule has 1 aliphatic heterocycles. The predicted molar refractivity (Wildman–Crippen MR) is 116 cm³/mol. The first kappa shape index (κ1) is 20.4. The normalized spacial score (nSPS) is 17.3. The molecule has 2 aromatic heterocycles. The van der Waals surface area contributed by atoms with Crippen LogP contribution in [-0.4, -0.2) is 62.7 Å². The average molecular weight is 461 g/mol. The number of aromatic nitrogens is 7. The largest absolute Gasteiger partial charge is 0.341 e. The molecule has 0 N–H and O–H groups in total. The summed E-state index contributed by atoms with van der Waals surface area (Å²) in [5, 5.41) is 21.9. The van der Waals surface area contributed by atoms with Gasteiger partial charge in [-0.3, -0.25) is 4.57 Å². The first-order valence-electron chi connectivity index (χ1n) is 10.4. The Labute approximate surface area is 185 Å². The standard InChI is InChI=1S/C19H24N8O2S2/c1-31(28,29)16-9-7-15(8-10-16)27-17(20-23-24-27)13-30-19-22-21-18(26(19)14-5-6-14)25-11-3-2-4-12-25/h7-10,14H,2-6,11-13H2,1H3. The van der Waals surface area contributed by atoms with Crippen molar-refractivity contribution in [1.82, 2.24) is 35.0 Å². The van der Waals surface area contributed by atoms with Crippen LogP contribution in [0, 0.1) is 0 Å². The molecule has 12 heteroatoms. The molecule has 2 fully saturated rings. The first-order valence-corrected chi connectivity index (χ1v) is 13.3. The Morgan fingerprint density at radius 3 is 2.45 bits per heavy atom. The maximum Gasteiger partial charge on any atom is 0.228 e. The van der Waals surface area contributed by atoms with Gasteiger partial charge in [0.15, 0.2) is 20.8 Å². The number of nitrogens with zero attached hydrogens (tertiary/aromatic N) is 8. The van der Waals surface area contributed by atoms with E-state index in [2.05, 4.69) is 35.2 Å². The smallest absolute Gasteiger partial charge is 0.228 e. The minimum absolute atomic E-state index is 0.267. The molecule has 1 saturated carbocycles. The molecule has 1 aromatic carbocycles. The zero-order valence-electron chi connectivity index (χ0n) is 17.3. The van der Waals surface area contributed by atoms with Gasteiger partial charge in [-0.15, -0.1) is 15.3 Å². The highest BCUT2D eigenvalue weighted by molar-refractivity contribution is 7.98. The monoisotopic (exact) mass is 460 g/mol. The van der Waals surface area contributed by atoms with Gasteiger partial charge < -0.3 is 4.90 Å². The van der Waals surface area contributed by atoms with E-state index in [0.717, 1.165) is 37.0 Å². The summed E-state index contributed by atoms with van der Waals surface area (Å²) < 4.78 is 27.3. The fourth-order valence-electron chi connectivity index (χ4n) is 3.79. The molecule has 1 aliphatic carbocycles. The molecule has 10 nitrogen and oxygen atoms in total. The van der Waals surface area contributed by atoms with Gasteiger partial charge in [0.1, 0.15) is 0 Å². The van der Waals surface area contributed by atoms with Crippen molar-refractivity contribution in [2.24, 2.45) is 0 Å². The van der Waals surface area contributed by atoms with Crippen molar-refractivity contribution < 1.29 is 8.42 Å². The molecule has 0 spiro atoms. The molecule has 31 heavy (non-hydrogen) atoms. The third kappa shape index (κ3) is 4.31. The Balaban J connectivity index is 1.35. The number of hydrogen-bond acceptors (Lipinski definition) is 9. The lowest BCUT2D eigenvalue weighted by molar-refractivity contribution is 0.548. The Morgan fingerprint density at radius 2 is 1.77 bits per heavy atom. The topological polar surface area (TPSA) is 112 Å². The van der Waals surface area contributed by atoms with Gasteiger partial charge in [0.2, 0.25) is 5.95 Å². The van der Waals surface area contributed by atoms with E-state index in [9.17, 15) is 8.42 Å². The van der Waals surface area contributed by atoms with Crippen LogP contribution in [0.25, 0.3) is 5.69 Å². The van der Waals surface area contributed by atoms with Gasteiger partial charge in [-0.05, 0) is 66.8 Å². The Bertz CT molecular complexity index is 1160. The molecule has 164 valence electrons. The number of hydrogen-bond donors (Lipinski definition) is 0. The van der Waals surface area contributed by atoms with Gasteiger partial charge in [0.05, 0.1) is 16.3 Å². The van der Waals surface area contributed by atoms with Crippen LogP contribution in [0.4, 0.5) is 5.95 Å². The second kappa shape index (κ2) is 8.23. The summed E-state index contributed by atoms with van der Waals surface area (Å²) in [5.74, 6) is 2.19. The zero-order valence-corrected chi connectivity index (χ0v) is 18.9. The highest BCUT2D eigenvalue weighted by Gasteiger charge is 2.32. The highest BCUT2D eigenvalue weighted by atomic mass is 32.2. The third-order valence-corrected chi connectivity index (χ3v) is 7.64. The van der Waals surface area contributed by atoms with Crippen molar-refractivity contribution in [1.29, 1.82) is 0 Å². The van der Waals surface area contributed by atoms with Crippen molar-refractivity contribution in [2.45, 2.75) is 54.0 Å². The van der Waals surface area contributed by atoms with E-state index in [1.165, 1.54) is 25.5 Å². The summed E-state index contributed by atoms with van der Waals surface area (Å²) in [6.45, 7) is 2.08. The number of benzene rings is 1. The van der Waals surface area contributed by atoms with E-state index in [1.807, 2.05) is 0 Å². The predicted octanol–water partition coefficient (Wildman–Crippen LogP) is 2.27. The summed E-state index contributed by atoms with van der Waals surface area (Å²) in [4.78, 5) is 2.62. The van der Waals surface area contributed by atoms with Crippen LogP contribution in [0.1, 0.15) is 44.0 Å². The Morgan fingerprint density at radius 1 is 1.03 bits per heavy atom. The van der Waals surface area contributed by atoms with Crippen molar-refractivity contribution in [3.05, 3.63) is 30.1 Å². The zero-order chi connectivity index (χ0) is 21.4. The summed E-state index contributed by atoms with van der Waals surface area (Å²) in [5.41, 5.74) is 0.714. The van der Waals surface area contributed by atoms with Crippen LogP contribution in [0.2, 0.25) is 0 Å². The molecule has 0 radical (unpaired) electrons. The quantitative estimate of drug-likeness (QED) is 0.490. The lowest BCUT2D eigenvalue weighted by Gasteiger charge is -2.27. The van der Waals surface area contributed by atoms with Crippen molar-refractivity contribution >= 4 is 27.5 Å². The van der Waals surface area contributed by atoms with Gasteiger partial charge in [0.25, 0.3) is 0 Å². The van der Waals surface area contributed by atoms with Crippen LogP contribution in [0.3, 0.4) is 0 Å². The van der Waals surface area contributed by atoms with E-state index in [4.69, 9.17) is 0 Å². The van der Waals surface area contributed by atoms with Gasteiger partial charge in [0, 0.05) is 25.4 Å². The first-order chi connectivity index (χ1) is 15.0. The molecule has 0 atom stereocenters. The maximum absolute atomic E-state index is 11.7. The number of piperidine rings is 1. The molecule has 5 rings (SSSR count). The highest BCUT2D eigenvalue weighted by Crippen LogP contribution is 2.41. The molecule has 3 heterocycles. The van der Waals surface area contributed by atoms with Crippen LogP contribution in [-0.2, 0) is 15.6 Å². The summed E-state index contributed by atoms with van der Waals surface area (Å²) >= 11 is 1.58. The molecule has 0 amide bonds. The minimum atomic E-state index is -3.25. The number of thioether (sulfide) groups is 1. The third-order valence-electron chi connectivity index (χ3n) is 5.57. The average Bonchev–Trinajstić information content (AvgIpc) is 3.34.